The lowest BCUT2D eigenvalue weighted by Crippen LogP contribution is -2.52. The van der Waals surface area contributed by atoms with Crippen molar-refractivity contribution in [2.24, 2.45) is 10.7 Å². The first-order chi connectivity index (χ1) is 23.4. The van der Waals surface area contributed by atoms with Crippen molar-refractivity contribution in [2.45, 2.75) is 31.1 Å². The number of ether oxygens (including phenoxy) is 1. The number of hydrogen-bond donors (Lipinski definition) is 3. The molecular weight excluding hydrogens is 728 g/mol. The molecule has 2 aromatic carbocycles. The minimum atomic E-state index is -3.64. The Morgan fingerprint density at radius 3 is 2.55 bits per heavy atom. The van der Waals surface area contributed by atoms with Crippen molar-refractivity contribution in [1.29, 1.82) is 0 Å². The van der Waals surface area contributed by atoms with Crippen LogP contribution in [0.4, 0.5) is 11.4 Å². The predicted molar refractivity (Wildman–Crippen MR) is 205 cm³/mol. The fourth-order valence-electron chi connectivity index (χ4n) is 6.90. The minimum Gasteiger partial charge on any atom is -0.489 e. The van der Waals surface area contributed by atoms with Gasteiger partial charge in [0.15, 0.2) is 0 Å². The van der Waals surface area contributed by atoms with Gasteiger partial charge >= 0.3 is 0 Å². The molecule has 0 amide bonds. The predicted octanol–water partition coefficient (Wildman–Crippen LogP) is 5.03. The van der Waals surface area contributed by atoms with Crippen LogP contribution in [0.1, 0.15) is 24.0 Å². The van der Waals surface area contributed by atoms with Crippen molar-refractivity contribution < 1.29 is 13.2 Å². The fourth-order valence-corrected chi connectivity index (χ4v) is 8.31. The average Bonchev–Trinajstić information content (AvgIpc) is 3.54. The lowest BCUT2D eigenvalue weighted by atomic mass is 9.97. The molecule has 3 aliphatic heterocycles. The van der Waals surface area contributed by atoms with Gasteiger partial charge in [-0.15, -0.1) is 6.58 Å². The topological polar surface area (TPSA) is 120 Å². The monoisotopic (exact) mass is 770 g/mol. The number of aliphatic imine (C=N–C) groups is 1. The summed E-state index contributed by atoms with van der Waals surface area (Å²) in [6, 6.07) is 9.88. The number of nitrogens with zero attached hydrogens (tertiary/aromatic N) is 5. The summed E-state index contributed by atoms with van der Waals surface area (Å²) < 4.78 is 33.2. The molecule has 1 aromatic heterocycles. The standard InChI is InChI=1S/C35H44BrClN8O3S/c1-5-7-24-21-27(29(37)22-31(24)44-13-10-25(11-14-44)43-18-16-42(3)17-19-43)35(38)39-23-28(36)34(41-35)40-30-8-9-32(48-20-6-2)26-12-15-45(33(26)30)49(4,46)47/h5-6,8-9,12,15,21-23,25,40-41H,1-2,7,10-11,13-14,16-20,38H2,3-4H3. The second-order valence-corrected chi connectivity index (χ2v) is 16.0. The van der Waals surface area contributed by atoms with E-state index in [1.807, 2.05) is 18.2 Å². The highest BCUT2D eigenvalue weighted by Crippen LogP contribution is 2.39. The van der Waals surface area contributed by atoms with Crippen molar-refractivity contribution >= 4 is 66.0 Å². The maximum atomic E-state index is 12.8. The molecule has 0 bridgehead atoms. The Morgan fingerprint density at radius 1 is 1.14 bits per heavy atom. The molecule has 6 rings (SSSR count). The van der Waals surface area contributed by atoms with E-state index < -0.39 is 15.8 Å². The molecule has 262 valence electrons. The van der Waals surface area contributed by atoms with Crippen molar-refractivity contribution in [3.63, 3.8) is 0 Å². The number of benzene rings is 2. The van der Waals surface area contributed by atoms with Crippen molar-refractivity contribution in [2.75, 3.05) is 69.4 Å². The van der Waals surface area contributed by atoms with Crippen LogP contribution in [-0.4, -0.2) is 93.6 Å². The Bertz CT molecular complexity index is 1910. The summed E-state index contributed by atoms with van der Waals surface area (Å²) in [7, 11) is -1.45. The normalized spacial score (nSPS) is 21.2. The van der Waals surface area contributed by atoms with Crippen molar-refractivity contribution in [3.8, 4) is 5.75 Å². The van der Waals surface area contributed by atoms with Gasteiger partial charge < -0.3 is 25.2 Å². The van der Waals surface area contributed by atoms with E-state index in [-0.39, 0.29) is 6.61 Å². The molecule has 0 radical (unpaired) electrons. The van der Waals surface area contributed by atoms with Gasteiger partial charge in [0, 0.05) is 74.4 Å². The number of fused-ring (bicyclic) bond motifs is 1. The Balaban J connectivity index is 1.26. The number of halogens is 2. The number of allylic oxidation sites excluding steroid dienone is 2. The van der Waals surface area contributed by atoms with Gasteiger partial charge in [0.05, 0.1) is 27.0 Å². The van der Waals surface area contributed by atoms with Gasteiger partial charge in [-0.1, -0.05) is 30.3 Å². The first-order valence-corrected chi connectivity index (χ1v) is 19.4. The quantitative estimate of drug-likeness (QED) is 0.231. The van der Waals surface area contributed by atoms with Crippen LogP contribution in [0.15, 0.2) is 77.1 Å². The number of anilines is 2. The zero-order chi connectivity index (χ0) is 34.9. The smallest absolute Gasteiger partial charge is 0.236 e. The Hall–Kier alpha value is -3.33. The van der Waals surface area contributed by atoms with E-state index in [1.165, 1.54) is 10.2 Å². The highest BCUT2D eigenvalue weighted by molar-refractivity contribution is 9.12. The van der Waals surface area contributed by atoms with Crippen LogP contribution < -0.4 is 26.0 Å². The number of rotatable bonds is 11. The third-order valence-corrected chi connectivity index (χ3v) is 11.4. The molecule has 1 unspecified atom stereocenters. The molecule has 0 aliphatic carbocycles. The zero-order valence-corrected chi connectivity index (χ0v) is 31.1. The number of piperidine rings is 1. The first-order valence-electron chi connectivity index (χ1n) is 16.4. The zero-order valence-electron chi connectivity index (χ0n) is 28.0. The SMILES string of the molecule is C=CCOc1ccc(NC2=C(Br)C=NC(N)(c3cc(CC=C)c(N4CCC(N5CCN(C)CC5)CC4)cc3Cl)N2)c2c1ccn2S(C)(=O)=O. The van der Waals surface area contributed by atoms with E-state index in [1.54, 1.807) is 30.5 Å². The first kappa shape index (κ1) is 35.5. The van der Waals surface area contributed by atoms with Crippen LogP contribution in [0, 0.1) is 0 Å². The van der Waals surface area contributed by atoms with Gasteiger partial charge in [0.2, 0.25) is 15.8 Å². The number of hydrogen-bond acceptors (Lipinski definition) is 10. The van der Waals surface area contributed by atoms with E-state index in [2.05, 4.69) is 66.5 Å². The largest absolute Gasteiger partial charge is 0.489 e. The van der Waals surface area contributed by atoms with E-state index >= 15 is 0 Å². The van der Waals surface area contributed by atoms with Crippen LogP contribution in [0.25, 0.3) is 10.9 Å². The second kappa shape index (κ2) is 14.5. The summed E-state index contributed by atoms with van der Waals surface area (Å²) in [4.78, 5) is 12.1. The average molecular weight is 772 g/mol. The van der Waals surface area contributed by atoms with Gasteiger partial charge in [0.25, 0.3) is 0 Å². The lowest BCUT2D eigenvalue weighted by Gasteiger charge is -2.43. The summed E-state index contributed by atoms with van der Waals surface area (Å²) in [6.07, 6.45) is 10.7. The van der Waals surface area contributed by atoms with Gasteiger partial charge in [-0.25, -0.2) is 17.4 Å². The molecular formula is C35H44BrClN8O3S. The highest BCUT2D eigenvalue weighted by Gasteiger charge is 2.35. The molecule has 1 atom stereocenters. The van der Waals surface area contributed by atoms with Crippen molar-refractivity contribution in [1.82, 2.24) is 19.1 Å². The van der Waals surface area contributed by atoms with Gasteiger partial charge in [-0.2, -0.15) is 0 Å². The van der Waals surface area contributed by atoms with E-state index in [0.717, 1.165) is 69.6 Å². The number of nitrogens with two attached hydrogens (primary N) is 1. The van der Waals surface area contributed by atoms with Crippen LogP contribution in [0.3, 0.4) is 0 Å². The molecule has 3 aromatic rings. The number of nitrogens with one attached hydrogen (secondary N) is 2. The minimum absolute atomic E-state index is 0.276. The maximum Gasteiger partial charge on any atom is 0.236 e. The fraction of sp³-hybridized carbons (Fsp3) is 0.400. The molecule has 0 spiro atoms. The van der Waals surface area contributed by atoms with Crippen LogP contribution in [0.2, 0.25) is 5.02 Å². The molecule has 4 N–H and O–H groups in total. The van der Waals surface area contributed by atoms with Crippen LogP contribution in [0.5, 0.6) is 5.75 Å². The third kappa shape index (κ3) is 7.42. The van der Waals surface area contributed by atoms with Crippen molar-refractivity contribution in [3.05, 3.63) is 88.3 Å². The molecule has 2 saturated heterocycles. The summed E-state index contributed by atoms with van der Waals surface area (Å²) in [6.45, 7) is 14.4. The molecule has 49 heavy (non-hydrogen) atoms. The Morgan fingerprint density at radius 2 is 1.88 bits per heavy atom. The number of likely N-dealkylation sites (N-methyl/N-ethyl adjacent to an activating group) is 1. The molecule has 2 fully saturated rings. The maximum absolute atomic E-state index is 12.8. The lowest BCUT2D eigenvalue weighted by molar-refractivity contribution is 0.0982. The van der Waals surface area contributed by atoms with E-state index in [9.17, 15) is 8.42 Å². The highest BCUT2D eigenvalue weighted by atomic mass is 79.9. The Kier molecular flexibility index (Phi) is 10.5. The van der Waals surface area contributed by atoms with E-state index in [0.29, 0.717) is 55.7 Å². The molecule has 0 saturated carbocycles. The summed E-state index contributed by atoms with van der Waals surface area (Å²) in [5.41, 5.74) is 10.7. The summed E-state index contributed by atoms with van der Waals surface area (Å²) >= 11 is 10.6. The Labute approximate surface area is 302 Å². The molecule has 14 heteroatoms. The van der Waals surface area contributed by atoms with Gasteiger partial charge in [-0.05, 0) is 78.1 Å². The molecule has 11 nitrogen and oxygen atoms in total. The van der Waals surface area contributed by atoms with Gasteiger partial charge in [-0.3, -0.25) is 10.6 Å². The summed E-state index contributed by atoms with van der Waals surface area (Å²) in [5.74, 6) is -0.409. The molecule has 3 aliphatic rings. The number of aromatic nitrogens is 1. The van der Waals surface area contributed by atoms with Crippen LogP contribution >= 0.6 is 27.5 Å². The molecule has 4 heterocycles. The number of piperazine rings is 1. The van der Waals surface area contributed by atoms with Crippen LogP contribution in [-0.2, 0) is 22.2 Å². The van der Waals surface area contributed by atoms with Gasteiger partial charge in [0.1, 0.15) is 18.2 Å². The van der Waals surface area contributed by atoms with E-state index in [4.69, 9.17) is 22.1 Å². The third-order valence-electron chi connectivity index (χ3n) is 9.49. The summed E-state index contributed by atoms with van der Waals surface area (Å²) in [5, 5.41) is 7.79. The second-order valence-electron chi connectivity index (χ2n) is 12.9.